The number of ether oxygens (including phenoxy) is 2. The van der Waals surface area contributed by atoms with Crippen LogP contribution in [0.1, 0.15) is 44.9 Å². The Labute approximate surface area is 127 Å². The molecule has 0 aromatic rings. The van der Waals surface area contributed by atoms with Gasteiger partial charge in [-0.2, -0.15) is 0 Å². The lowest BCUT2D eigenvalue weighted by Gasteiger charge is -2.38. The molecule has 1 N–H and O–H groups in total. The van der Waals surface area contributed by atoms with Crippen LogP contribution in [0.2, 0.25) is 0 Å². The fraction of sp³-hybridized carbons (Fsp3) is 0.938. The molecule has 0 spiro atoms. The van der Waals surface area contributed by atoms with Crippen molar-refractivity contribution in [3.63, 3.8) is 0 Å². The third-order valence-electron chi connectivity index (χ3n) is 5.15. The minimum atomic E-state index is -0.267. The molecule has 1 saturated carbocycles. The summed E-state index contributed by atoms with van der Waals surface area (Å²) in [6.07, 6.45) is 8.32. The maximum Gasteiger partial charge on any atom is 0.407 e. The van der Waals surface area contributed by atoms with Crippen molar-refractivity contribution >= 4 is 6.09 Å². The third-order valence-corrected chi connectivity index (χ3v) is 5.15. The van der Waals surface area contributed by atoms with Crippen LogP contribution in [-0.4, -0.2) is 56.0 Å². The number of alkyl carbamates (subject to hydrolysis) is 1. The van der Waals surface area contributed by atoms with Crippen molar-refractivity contribution in [1.82, 2.24) is 10.2 Å². The van der Waals surface area contributed by atoms with E-state index in [0.29, 0.717) is 25.2 Å². The van der Waals surface area contributed by atoms with Gasteiger partial charge in [0.15, 0.2) is 0 Å². The molecule has 120 valence electrons. The van der Waals surface area contributed by atoms with E-state index in [2.05, 4.69) is 10.2 Å². The van der Waals surface area contributed by atoms with Crippen LogP contribution in [0.3, 0.4) is 0 Å². The molecule has 2 saturated heterocycles. The fourth-order valence-corrected chi connectivity index (χ4v) is 3.99. The summed E-state index contributed by atoms with van der Waals surface area (Å²) in [6.45, 7) is 4.49. The molecule has 3 atom stereocenters. The van der Waals surface area contributed by atoms with Gasteiger partial charge in [-0.15, -0.1) is 0 Å². The standard InChI is InChI=1S/C16H28N2O3/c19-16(21-14-7-10-20-12-14)17-11-13-5-1-2-6-15(13)18-8-3-4-9-18/h13-15H,1-12H2,(H,17,19). The minimum absolute atomic E-state index is 0.0502. The lowest BCUT2D eigenvalue weighted by Crippen LogP contribution is -2.45. The Kier molecular flexibility index (Phi) is 5.36. The summed E-state index contributed by atoms with van der Waals surface area (Å²) in [7, 11) is 0. The number of hydrogen-bond acceptors (Lipinski definition) is 4. The summed E-state index contributed by atoms with van der Waals surface area (Å²) >= 11 is 0. The third kappa shape index (κ3) is 4.10. The Morgan fingerprint density at radius 3 is 2.71 bits per heavy atom. The molecule has 3 fully saturated rings. The molecule has 5 nitrogen and oxygen atoms in total. The van der Waals surface area contributed by atoms with Gasteiger partial charge in [0.1, 0.15) is 6.10 Å². The van der Waals surface area contributed by atoms with Crippen LogP contribution in [-0.2, 0) is 9.47 Å². The van der Waals surface area contributed by atoms with Crippen molar-refractivity contribution in [1.29, 1.82) is 0 Å². The highest BCUT2D eigenvalue weighted by Crippen LogP contribution is 2.30. The van der Waals surface area contributed by atoms with Gasteiger partial charge in [-0.05, 0) is 44.7 Å². The van der Waals surface area contributed by atoms with E-state index in [-0.39, 0.29) is 12.2 Å². The molecule has 0 aromatic carbocycles. The zero-order chi connectivity index (χ0) is 14.5. The zero-order valence-electron chi connectivity index (χ0n) is 12.9. The largest absolute Gasteiger partial charge is 0.444 e. The van der Waals surface area contributed by atoms with Crippen molar-refractivity contribution < 1.29 is 14.3 Å². The van der Waals surface area contributed by atoms with Gasteiger partial charge >= 0.3 is 6.09 Å². The summed E-state index contributed by atoms with van der Waals surface area (Å²) in [5.74, 6) is 0.587. The first-order valence-corrected chi connectivity index (χ1v) is 8.59. The van der Waals surface area contributed by atoms with Gasteiger partial charge in [0.2, 0.25) is 0 Å². The molecule has 3 rings (SSSR count). The van der Waals surface area contributed by atoms with Crippen LogP contribution < -0.4 is 5.32 Å². The number of carbonyl (C=O) groups is 1. The van der Waals surface area contributed by atoms with Gasteiger partial charge in [-0.25, -0.2) is 4.79 Å². The number of amides is 1. The van der Waals surface area contributed by atoms with E-state index >= 15 is 0 Å². The second-order valence-electron chi connectivity index (χ2n) is 6.63. The van der Waals surface area contributed by atoms with Crippen LogP contribution in [0.5, 0.6) is 0 Å². The summed E-state index contributed by atoms with van der Waals surface area (Å²) in [5, 5.41) is 2.99. The molecule has 2 heterocycles. The van der Waals surface area contributed by atoms with E-state index in [1.807, 2.05) is 0 Å². The Hall–Kier alpha value is -0.810. The van der Waals surface area contributed by atoms with E-state index in [1.165, 1.54) is 51.6 Å². The number of nitrogens with zero attached hydrogens (tertiary/aromatic N) is 1. The van der Waals surface area contributed by atoms with E-state index in [9.17, 15) is 4.79 Å². The molecule has 21 heavy (non-hydrogen) atoms. The van der Waals surface area contributed by atoms with Crippen molar-refractivity contribution in [3.05, 3.63) is 0 Å². The first-order chi connectivity index (χ1) is 10.3. The number of rotatable bonds is 4. The first-order valence-electron chi connectivity index (χ1n) is 8.59. The second kappa shape index (κ2) is 7.45. The molecule has 0 bridgehead atoms. The van der Waals surface area contributed by atoms with Crippen LogP contribution in [0.4, 0.5) is 4.79 Å². The molecular weight excluding hydrogens is 268 g/mol. The van der Waals surface area contributed by atoms with Crippen molar-refractivity contribution in [2.75, 3.05) is 32.8 Å². The molecule has 3 unspecified atom stereocenters. The molecule has 5 heteroatoms. The zero-order valence-corrected chi connectivity index (χ0v) is 12.9. The predicted molar refractivity (Wildman–Crippen MR) is 80.3 cm³/mol. The van der Waals surface area contributed by atoms with Gasteiger partial charge in [-0.3, -0.25) is 0 Å². The number of likely N-dealkylation sites (tertiary alicyclic amines) is 1. The Balaban J connectivity index is 1.44. The van der Waals surface area contributed by atoms with E-state index in [0.717, 1.165) is 13.0 Å². The van der Waals surface area contributed by atoms with Crippen LogP contribution in [0, 0.1) is 5.92 Å². The average molecular weight is 296 g/mol. The molecule has 0 aromatic heterocycles. The highest BCUT2D eigenvalue weighted by atomic mass is 16.6. The number of nitrogens with one attached hydrogen (secondary N) is 1. The summed E-state index contributed by atoms with van der Waals surface area (Å²) in [5.41, 5.74) is 0. The summed E-state index contributed by atoms with van der Waals surface area (Å²) in [6, 6.07) is 0.663. The van der Waals surface area contributed by atoms with Crippen LogP contribution >= 0.6 is 0 Å². The Morgan fingerprint density at radius 2 is 1.95 bits per heavy atom. The van der Waals surface area contributed by atoms with Crippen molar-refractivity contribution in [2.45, 2.75) is 57.1 Å². The topological polar surface area (TPSA) is 50.8 Å². The first kappa shape index (κ1) is 15.1. The quantitative estimate of drug-likeness (QED) is 0.863. The molecule has 0 radical (unpaired) electrons. The molecule has 2 aliphatic heterocycles. The smallest absolute Gasteiger partial charge is 0.407 e. The molecular formula is C16H28N2O3. The summed E-state index contributed by atoms with van der Waals surface area (Å²) < 4.78 is 10.6. The predicted octanol–water partition coefficient (Wildman–Crippen LogP) is 2.16. The average Bonchev–Trinajstić information content (AvgIpc) is 3.18. The highest BCUT2D eigenvalue weighted by molar-refractivity contribution is 5.67. The second-order valence-corrected chi connectivity index (χ2v) is 6.63. The number of carbonyl (C=O) groups excluding carboxylic acids is 1. The summed E-state index contributed by atoms with van der Waals surface area (Å²) in [4.78, 5) is 14.5. The van der Waals surface area contributed by atoms with Crippen molar-refractivity contribution in [3.8, 4) is 0 Å². The van der Waals surface area contributed by atoms with E-state index in [1.54, 1.807) is 0 Å². The lowest BCUT2D eigenvalue weighted by atomic mass is 9.83. The Bertz CT molecular complexity index is 338. The maximum atomic E-state index is 11.9. The van der Waals surface area contributed by atoms with Gasteiger partial charge in [0, 0.05) is 19.0 Å². The maximum absolute atomic E-state index is 11.9. The van der Waals surface area contributed by atoms with Gasteiger partial charge in [0.05, 0.1) is 13.2 Å². The normalized spacial score (nSPS) is 34.0. The molecule has 3 aliphatic rings. The Morgan fingerprint density at radius 1 is 1.14 bits per heavy atom. The highest BCUT2D eigenvalue weighted by Gasteiger charge is 2.32. The van der Waals surface area contributed by atoms with Gasteiger partial charge < -0.3 is 19.7 Å². The fourth-order valence-electron chi connectivity index (χ4n) is 3.99. The SMILES string of the molecule is O=C(NCC1CCCCC1N1CCCC1)OC1CCOC1. The molecule has 1 amide bonds. The van der Waals surface area contributed by atoms with Crippen LogP contribution in [0.25, 0.3) is 0 Å². The van der Waals surface area contributed by atoms with Gasteiger partial charge in [0.25, 0.3) is 0 Å². The van der Waals surface area contributed by atoms with Crippen LogP contribution in [0.15, 0.2) is 0 Å². The lowest BCUT2D eigenvalue weighted by molar-refractivity contribution is 0.0777. The van der Waals surface area contributed by atoms with E-state index in [4.69, 9.17) is 9.47 Å². The molecule has 1 aliphatic carbocycles. The minimum Gasteiger partial charge on any atom is -0.444 e. The monoisotopic (exact) mass is 296 g/mol. The van der Waals surface area contributed by atoms with Crippen molar-refractivity contribution in [2.24, 2.45) is 5.92 Å². The van der Waals surface area contributed by atoms with E-state index < -0.39 is 0 Å². The van der Waals surface area contributed by atoms with Gasteiger partial charge in [-0.1, -0.05) is 12.8 Å². The number of hydrogen-bond donors (Lipinski definition) is 1.